The van der Waals surface area contributed by atoms with Gasteiger partial charge in [0.15, 0.2) is 6.04 Å². The monoisotopic (exact) mass is 352 g/mol. The second kappa shape index (κ2) is 6.62. The zero-order chi connectivity index (χ0) is 15.4. The smallest absolute Gasteiger partial charge is 0.328 e. The summed E-state index contributed by atoms with van der Waals surface area (Å²) in [5, 5.41) is 21.8. The van der Waals surface area contributed by atoms with E-state index in [-0.39, 0.29) is 4.47 Å². The third-order valence-corrected chi connectivity index (χ3v) is 2.90. The minimum absolute atomic E-state index is 0.117. The molecule has 0 aliphatic rings. The molecule has 1 aromatic carbocycles. The van der Waals surface area contributed by atoms with Gasteiger partial charge in [0.2, 0.25) is 0 Å². The van der Waals surface area contributed by atoms with E-state index in [4.69, 9.17) is 10.2 Å². The highest BCUT2D eigenvalue weighted by atomic mass is 79.9. The fraction of sp³-hybridized carbons (Fsp3) is 0.273. The number of carbonyl (C=O) groups excluding carboxylic acids is 1. The number of carbonyl (C=O) groups is 2. The Morgan fingerprint density at radius 2 is 1.90 bits per heavy atom. The first-order chi connectivity index (χ1) is 9.22. The van der Waals surface area contributed by atoms with E-state index >= 15 is 0 Å². The van der Waals surface area contributed by atoms with Crippen molar-refractivity contribution in [2.45, 2.75) is 19.1 Å². The maximum Gasteiger partial charge on any atom is 0.328 e. The van der Waals surface area contributed by atoms with E-state index in [1.165, 1.54) is 6.92 Å². The first kappa shape index (κ1) is 16.3. The molecule has 110 valence electrons. The fourth-order valence-corrected chi connectivity index (χ4v) is 1.62. The molecular formula is C11H11BrF2N2O4. The van der Waals surface area contributed by atoms with Crippen molar-refractivity contribution in [3.8, 4) is 0 Å². The lowest BCUT2D eigenvalue weighted by atomic mass is 10.2. The number of anilines is 1. The molecule has 0 aliphatic heterocycles. The number of amides is 2. The predicted octanol–water partition coefficient (Wildman–Crippen LogP) is 1.68. The van der Waals surface area contributed by atoms with Gasteiger partial charge in [-0.1, -0.05) is 0 Å². The summed E-state index contributed by atoms with van der Waals surface area (Å²) in [6, 6.07) is -1.11. The molecule has 0 saturated carbocycles. The molecular weight excluding hydrogens is 342 g/mol. The van der Waals surface area contributed by atoms with Gasteiger partial charge in [0, 0.05) is 6.07 Å². The van der Waals surface area contributed by atoms with Crippen LogP contribution in [0.4, 0.5) is 19.3 Å². The van der Waals surface area contributed by atoms with Gasteiger partial charge in [0.1, 0.15) is 11.6 Å². The van der Waals surface area contributed by atoms with E-state index in [0.717, 1.165) is 12.1 Å². The highest BCUT2D eigenvalue weighted by Crippen LogP contribution is 2.23. The molecule has 0 aromatic heterocycles. The number of urea groups is 1. The van der Waals surface area contributed by atoms with Gasteiger partial charge in [0.25, 0.3) is 0 Å². The molecule has 0 radical (unpaired) electrons. The van der Waals surface area contributed by atoms with Gasteiger partial charge in [0.05, 0.1) is 16.3 Å². The van der Waals surface area contributed by atoms with Gasteiger partial charge in [-0.2, -0.15) is 0 Å². The molecule has 2 amide bonds. The summed E-state index contributed by atoms with van der Waals surface area (Å²) in [5.74, 6) is -3.16. The lowest BCUT2D eigenvalue weighted by Crippen LogP contribution is -2.49. The quantitative estimate of drug-likeness (QED) is 0.619. The lowest BCUT2D eigenvalue weighted by Gasteiger charge is -2.17. The molecule has 0 fully saturated rings. The SMILES string of the molecule is C[C@@H](O)[C@H](NC(=O)Nc1cc(F)c(Br)cc1F)C(=O)O. The van der Waals surface area contributed by atoms with Crippen molar-refractivity contribution >= 4 is 33.6 Å². The number of aliphatic hydroxyl groups excluding tert-OH is 1. The van der Waals surface area contributed by atoms with E-state index in [0.29, 0.717) is 0 Å². The number of carboxylic acid groups (broad SMARTS) is 1. The third-order valence-electron chi connectivity index (χ3n) is 2.29. The van der Waals surface area contributed by atoms with Crippen LogP contribution in [0, 0.1) is 11.6 Å². The number of carboxylic acids is 1. The predicted molar refractivity (Wildman–Crippen MR) is 69.3 cm³/mol. The number of nitrogens with one attached hydrogen (secondary N) is 2. The van der Waals surface area contributed by atoms with E-state index < -0.39 is 41.5 Å². The standard InChI is InChI=1S/C11H11BrF2N2O4/c1-4(17)9(10(18)19)16-11(20)15-8-3-6(13)5(12)2-7(8)14/h2-4,9,17H,1H3,(H,18,19)(H2,15,16,20)/t4-,9+/m1/s1. The number of hydrogen-bond donors (Lipinski definition) is 4. The van der Waals surface area contributed by atoms with Gasteiger partial charge >= 0.3 is 12.0 Å². The molecule has 0 heterocycles. The molecule has 9 heteroatoms. The van der Waals surface area contributed by atoms with Crippen molar-refractivity contribution in [1.29, 1.82) is 0 Å². The Labute approximate surface area is 120 Å². The average molecular weight is 353 g/mol. The van der Waals surface area contributed by atoms with Gasteiger partial charge in [-0.05, 0) is 28.9 Å². The van der Waals surface area contributed by atoms with Crippen LogP contribution in [0.25, 0.3) is 0 Å². The largest absolute Gasteiger partial charge is 0.480 e. The van der Waals surface area contributed by atoms with Crippen LogP contribution in [0.1, 0.15) is 6.92 Å². The normalized spacial score (nSPS) is 13.4. The molecule has 20 heavy (non-hydrogen) atoms. The Morgan fingerprint density at radius 3 is 2.40 bits per heavy atom. The topological polar surface area (TPSA) is 98.7 Å². The van der Waals surface area contributed by atoms with Crippen LogP contribution in [0.3, 0.4) is 0 Å². The van der Waals surface area contributed by atoms with Gasteiger partial charge in [-0.3, -0.25) is 0 Å². The molecule has 0 aliphatic carbocycles. The molecule has 0 unspecified atom stereocenters. The second-order valence-corrected chi connectivity index (χ2v) is 4.76. The maximum absolute atomic E-state index is 13.4. The number of hydrogen-bond acceptors (Lipinski definition) is 3. The van der Waals surface area contributed by atoms with E-state index in [1.807, 2.05) is 10.6 Å². The summed E-state index contributed by atoms with van der Waals surface area (Å²) in [6.45, 7) is 1.17. The Bertz CT molecular complexity index is 539. The van der Waals surface area contributed by atoms with Crippen LogP contribution in [-0.2, 0) is 4.79 Å². The summed E-state index contributed by atoms with van der Waals surface area (Å²) < 4.78 is 26.5. The van der Waals surface area contributed by atoms with E-state index in [9.17, 15) is 18.4 Å². The van der Waals surface area contributed by atoms with Crippen LogP contribution in [0.15, 0.2) is 16.6 Å². The molecule has 4 N–H and O–H groups in total. The highest BCUT2D eigenvalue weighted by Gasteiger charge is 2.25. The Hall–Kier alpha value is -1.74. The molecule has 0 saturated heterocycles. The van der Waals surface area contributed by atoms with Crippen LogP contribution in [-0.4, -0.2) is 34.4 Å². The summed E-state index contributed by atoms with van der Waals surface area (Å²) in [7, 11) is 0. The maximum atomic E-state index is 13.4. The van der Waals surface area contributed by atoms with Crippen LogP contribution >= 0.6 is 15.9 Å². The highest BCUT2D eigenvalue weighted by molar-refractivity contribution is 9.10. The van der Waals surface area contributed by atoms with Crippen LogP contribution in [0.2, 0.25) is 0 Å². The molecule has 1 rings (SSSR count). The van der Waals surface area contributed by atoms with Crippen LogP contribution < -0.4 is 10.6 Å². The van der Waals surface area contributed by atoms with Crippen molar-refractivity contribution in [2.24, 2.45) is 0 Å². The zero-order valence-electron chi connectivity index (χ0n) is 10.2. The molecule has 6 nitrogen and oxygen atoms in total. The fourth-order valence-electron chi connectivity index (χ4n) is 1.31. The number of halogens is 3. The van der Waals surface area contributed by atoms with Gasteiger partial charge in [-0.15, -0.1) is 0 Å². The molecule has 0 spiro atoms. The summed E-state index contributed by atoms with van der Waals surface area (Å²) >= 11 is 2.77. The van der Waals surface area contributed by atoms with Crippen LogP contribution in [0.5, 0.6) is 0 Å². The van der Waals surface area contributed by atoms with E-state index in [1.54, 1.807) is 0 Å². The molecule has 0 bridgehead atoms. The van der Waals surface area contributed by atoms with Gasteiger partial charge < -0.3 is 20.8 Å². The Balaban J connectivity index is 2.81. The first-order valence-corrected chi connectivity index (χ1v) is 6.14. The van der Waals surface area contributed by atoms with Crippen molar-refractivity contribution < 1.29 is 28.6 Å². The third kappa shape index (κ3) is 4.14. The van der Waals surface area contributed by atoms with Crippen molar-refractivity contribution in [3.63, 3.8) is 0 Å². The van der Waals surface area contributed by atoms with E-state index in [2.05, 4.69) is 15.9 Å². The number of aliphatic carboxylic acids is 1. The Kier molecular flexibility index (Phi) is 5.40. The van der Waals surface area contributed by atoms with Gasteiger partial charge in [-0.25, -0.2) is 18.4 Å². The van der Waals surface area contributed by atoms with Crippen molar-refractivity contribution in [1.82, 2.24) is 5.32 Å². The average Bonchev–Trinajstić information content (AvgIpc) is 2.32. The number of benzene rings is 1. The van der Waals surface area contributed by atoms with Crippen molar-refractivity contribution in [3.05, 3.63) is 28.2 Å². The first-order valence-electron chi connectivity index (χ1n) is 5.35. The molecule has 2 atom stereocenters. The summed E-state index contributed by atoms with van der Waals surface area (Å²) in [5.41, 5.74) is -0.460. The minimum atomic E-state index is -1.57. The summed E-state index contributed by atoms with van der Waals surface area (Å²) in [4.78, 5) is 22.2. The lowest BCUT2D eigenvalue weighted by molar-refractivity contribution is -0.141. The zero-order valence-corrected chi connectivity index (χ0v) is 11.7. The number of aliphatic hydroxyl groups is 1. The summed E-state index contributed by atoms with van der Waals surface area (Å²) in [6.07, 6.45) is -1.36. The second-order valence-electron chi connectivity index (χ2n) is 3.90. The Morgan fingerprint density at radius 1 is 1.30 bits per heavy atom. The number of rotatable bonds is 4. The minimum Gasteiger partial charge on any atom is -0.480 e. The molecule has 1 aromatic rings. The van der Waals surface area contributed by atoms with Crippen molar-refractivity contribution in [2.75, 3.05) is 5.32 Å².